The molecule has 1 aromatic rings. The van der Waals surface area contributed by atoms with Gasteiger partial charge in [-0.1, -0.05) is 11.8 Å². The molecule has 3 N–H and O–H groups in total. The van der Waals surface area contributed by atoms with Crippen LogP contribution in [-0.2, 0) is 0 Å². The molecule has 0 saturated heterocycles. The van der Waals surface area contributed by atoms with Crippen molar-refractivity contribution >= 4 is 29.0 Å². The minimum Gasteiger partial charge on any atom is -0.350 e. The van der Waals surface area contributed by atoms with Crippen LogP contribution in [0.1, 0.15) is 27.4 Å². The molecular weight excluding hydrogens is 264 g/mol. The van der Waals surface area contributed by atoms with Gasteiger partial charge in [0.15, 0.2) is 0 Å². The van der Waals surface area contributed by atoms with E-state index in [1.807, 2.05) is 23.9 Å². The van der Waals surface area contributed by atoms with E-state index >= 15 is 0 Å². The quantitative estimate of drug-likeness (QED) is 0.825. The summed E-state index contributed by atoms with van der Waals surface area (Å²) in [5, 5.41) is 3.00. The fourth-order valence-corrected chi connectivity index (χ4v) is 3.11. The summed E-state index contributed by atoms with van der Waals surface area (Å²) in [5.74, 6) is 5.72. The average molecular weight is 280 g/mol. The first-order valence-electron chi connectivity index (χ1n) is 5.81. The Bertz CT molecular complexity index is 495. The number of amides is 1. The van der Waals surface area contributed by atoms with Gasteiger partial charge in [-0.2, -0.15) is 11.8 Å². The van der Waals surface area contributed by atoms with Gasteiger partial charge < -0.3 is 11.1 Å². The number of carbonyl (C=O) groups is 1. The van der Waals surface area contributed by atoms with Gasteiger partial charge in [0.2, 0.25) is 0 Å². The van der Waals surface area contributed by atoms with Crippen LogP contribution in [0.15, 0.2) is 12.1 Å². The molecule has 0 radical (unpaired) electrons. The van der Waals surface area contributed by atoms with Crippen LogP contribution < -0.4 is 11.1 Å². The molecule has 0 unspecified atom stereocenters. The molecule has 2 rings (SSSR count). The molecule has 0 aliphatic heterocycles. The Labute approximate surface area is 116 Å². The predicted octanol–water partition coefficient (Wildman–Crippen LogP) is 1.68. The van der Waals surface area contributed by atoms with Gasteiger partial charge in [0.25, 0.3) is 5.91 Å². The molecule has 18 heavy (non-hydrogen) atoms. The van der Waals surface area contributed by atoms with E-state index in [1.165, 1.54) is 24.2 Å². The van der Waals surface area contributed by atoms with E-state index in [0.29, 0.717) is 16.2 Å². The topological polar surface area (TPSA) is 55.1 Å². The van der Waals surface area contributed by atoms with Crippen molar-refractivity contribution in [2.45, 2.75) is 17.6 Å². The molecule has 96 valence electrons. The minimum atomic E-state index is 0.00104. The fourth-order valence-electron chi connectivity index (χ4n) is 1.59. The summed E-state index contributed by atoms with van der Waals surface area (Å²) >= 11 is 3.26. The molecule has 1 fully saturated rings. The van der Waals surface area contributed by atoms with E-state index in [2.05, 4.69) is 23.4 Å². The molecule has 0 bridgehead atoms. The third kappa shape index (κ3) is 3.29. The normalized spacial score (nSPS) is 15.7. The van der Waals surface area contributed by atoms with Crippen LogP contribution >= 0.6 is 23.1 Å². The number of nitrogens with one attached hydrogen (secondary N) is 1. The smallest absolute Gasteiger partial charge is 0.261 e. The van der Waals surface area contributed by atoms with Gasteiger partial charge in [-0.25, -0.2) is 0 Å². The number of carbonyl (C=O) groups excluding carboxylic acids is 1. The zero-order valence-electron chi connectivity index (χ0n) is 10.3. The minimum absolute atomic E-state index is 0.00104. The number of thiophene rings is 1. The maximum atomic E-state index is 11.9. The van der Waals surface area contributed by atoms with Gasteiger partial charge in [-0.3, -0.25) is 4.79 Å². The van der Waals surface area contributed by atoms with Crippen LogP contribution in [0.2, 0.25) is 0 Å². The zero-order chi connectivity index (χ0) is 13.0. The van der Waals surface area contributed by atoms with E-state index in [0.717, 1.165) is 11.4 Å². The first kappa shape index (κ1) is 13.5. The highest BCUT2D eigenvalue weighted by atomic mass is 32.2. The Balaban J connectivity index is 1.90. The van der Waals surface area contributed by atoms with Crippen LogP contribution in [0.25, 0.3) is 0 Å². The summed E-state index contributed by atoms with van der Waals surface area (Å²) in [6.07, 6.45) is 4.50. The van der Waals surface area contributed by atoms with Gasteiger partial charge in [-0.15, -0.1) is 11.3 Å². The average Bonchev–Trinajstić information content (AvgIpc) is 3.03. The molecule has 1 aliphatic carbocycles. The third-order valence-electron chi connectivity index (χ3n) is 2.96. The van der Waals surface area contributed by atoms with Crippen molar-refractivity contribution in [3.63, 3.8) is 0 Å². The number of nitrogens with two attached hydrogens (primary N) is 1. The highest BCUT2D eigenvalue weighted by Gasteiger charge is 2.41. The molecule has 1 amide bonds. The highest BCUT2D eigenvalue weighted by Crippen LogP contribution is 2.46. The SMILES string of the molecule is CSC1(CNC(=O)c2ccc(C#CCN)s2)CC1. The second kappa shape index (κ2) is 5.79. The molecular formula is C13H16N2OS2. The van der Waals surface area contributed by atoms with Crippen molar-refractivity contribution in [3.05, 3.63) is 21.9 Å². The summed E-state index contributed by atoms with van der Waals surface area (Å²) in [6, 6.07) is 3.68. The maximum Gasteiger partial charge on any atom is 0.261 e. The van der Waals surface area contributed by atoms with Crippen molar-refractivity contribution in [2.24, 2.45) is 5.73 Å². The number of thioether (sulfide) groups is 1. The van der Waals surface area contributed by atoms with Crippen molar-refractivity contribution in [1.29, 1.82) is 0 Å². The van der Waals surface area contributed by atoms with Crippen LogP contribution in [0.4, 0.5) is 0 Å². The largest absolute Gasteiger partial charge is 0.350 e. The standard InChI is InChI=1S/C13H16N2OS2/c1-17-13(6-7-13)9-15-12(16)11-5-4-10(18-11)3-2-8-14/h4-5H,6-9,14H2,1H3,(H,15,16). The van der Waals surface area contributed by atoms with Crippen LogP contribution in [-0.4, -0.2) is 30.0 Å². The van der Waals surface area contributed by atoms with Gasteiger partial charge in [-0.05, 0) is 31.2 Å². The first-order chi connectivity index (χ1) is 8.69. The number of hydrogen-bond donors (Lipinski definition) is 2. The third-order valence-corrected chi connectivity index (χ3v) is 5.37. The van der Waals surface area contributed by atoms with E-state index in [-0.39, 0.29) is 5.91 Å². The zero-order valence-corrected chi connectivity index (χ0v) is 11.9. The van der Waals surface area contributed by atoms with Crippen LogP contribution in [0, 0.1) is 11.8 Å². The number of hydrogen-bond acceptors (Lipinski definition) is 4. The molecule has 1 heterocycles. The monoisotopic (exact) mass is 280 g/mol. The summed E-state index contributed by atoms with van der Waals surface area (Å²) in [4.78, 5) is 13.5. The van der Waals surface area contributed by atoms with Crippen LogP contribution in [0.5, 0.6) is 0 Å². The predicted molar refractivity (Wildman–Crippen MR) is 78.1 cm³/mol. The lowest BCUT2D eigenvalue weighted by Crippen LogP contribution is -2.31. The van der Waals surface area contributed by atoms with Crippen LogP contribution in [0.3, 0.4) is 0 Å². The molecule has 1 aliphatic rings. The second-order valence-corrected chi connectivity index (χ2v) is 6.60. The summed E-state index contributed by atoms with van der Waals surface area (Å²) < 4.78 is 0.301. The van der Waals surface area contributed by atoms with Crippen molar-refractivity contribution in [2.75, 3.05) is 19.3 Å². The Hall–Kier alpha value is -0.960. The van der Waals surface area contributed by atoms with E-state index in [9.17, 15) is 4.79 Å². The Morgan fingerprint density at radius 3 is 3.00 bits per heavy atom. The van der Waals surface area contributed by atoms with E-state index in [1.54, 1.807) is 0 Å². The number of rotatable bonds is 4. The Morgan fingerprint density at radius 2 is 2.39 bits per heavy atom. The summed E-state index contributed by atoms with van der Waals surface area (Å²) in [6.45, 7) is 1.10. The fraction of sp³-hybridized carbons (Fsp3) is 0.462. The first-order valence-corrected chi connectivity index (χ1v) is 7.85. The van der Waals surface area contributed by atoms with E-state index < -0.39 is 0 Å². The molecule has 1 aromatic heterocycles. The lowest BCUT2D eigenvalue weighted by atomic mass is 10.3. The van der Waals surface area contributed by atoms with Crippen molar-refractivity contribution < 1.29 is 4.79 Å². The van der Waals surface area contributed by atoms with Gasteiger partial charge in [0, 0.05) is 11.3 Å². The molecule has 0 atom stereocenters. The van der Waals surface area contributed by atoms with E-state index in [4.69, 9.17) is 5.73 Å². The lowest BCUT2D eigenvalue weighted by Gasteiger charge is -2.12. The molecule has 0 aromatic carbocycles. The Kier molecular flexibility index (Phi) is 4.33. The van der Waals surface area contributed by atoms with Crippen molar-refractivity contribution in [3.8, 4) is 11.8 Å². The second-order valence-electron chi connectivity index (χ2n) is 4.24. The summed E-state index contributed by atoms with van der Waals surface area (Å²) in [5.41, 5.74) is 5.31. The molecule has 1 saturated carbocycles. The molecule has 0 spiro atoms. The van der Waals surface area contributed by atoms with Crippen molar-refractivity contribution in [1.82, 2.24) is 5.32 Å². The van der Waals surface area contributed by atoms with Gasteiger partial charge >= 0.3 is 0 Å². The van der Waals surface area contributed by atoms with Gasteiger partial charge in [0.1, 0.15) is 0 Å². The molecule has 5 heteroatoms. The molecule has 3 nitrogen and oxygen atoms in total. The van der Waals surface area contributed by atoms with Gasteiger partial charge in [0.05, 0.1) is 16.3 Å². The maximum absolute atomic E-state index is 11.9. The highest BCUT2D eigenvalue weighted by molar-refractivity contribution is 8.00. The summed E-state index contributed by atoms with van der Waals surface area (Å²) in [7, 11) is 0. The lowest BCUT2D eigenvalue weighted by molar-refractivity contribution is 0.0957. The Morgan fingerprint density at radius 1 is 1.61 bits per heavy atom.